The van der Waals surface area contributed by atoms with E-state index in [4.69, 9.17) is 0 Å². The second-order valence-electron chi connectivity index (χ2n) is 8.97. The van der Waals surface area contributed by atoms with Crippen molar-refractivity contribution < 1.29 is 24.6 Å². The van der Waals surface area contributed by atoms with Crippen molar-refractivity contribution in [1.29, 1.82) is 0 Å². The summed E-state index contributed by atoms with van der Waals surface area (Å²) in [5.41, 5.74) is 0.137. The Morgan fingerprint density at radius 3 is 2.42 bits per heavy atom. The number of hydrogen-bond donors (Lipinski definition) is 3. The summed E-state index contributed by atoms with van der Waals surface area (Å²) in [6.45, 7) is 0. The molecule has 2 aliphatic carbocycles. The number of amides is 1. The molecule has 2 aliphatic rings. The van der Waals surface area contributed by atoms with E-state index in [0.717, 1.165) is 31.2 Å². The zero-order valence-corrected chi connectivity index (χ0v) is 17.8. The molecule has 2 fully saturated rings. The number of carbonyl (C=O) groups excluding carboxylic acids is 1. The molecule has 6 heteroatoms. The van der Waals surface area contributed by atoms with Crippen molar-refractivity contribution >= 4 is 17.8 Å². The van der Waals surface area contributed by atoms with E-state index in [0.29, 0.717) is 25.7 Å². The fourth-order valence-corrected chi connectivity index (χ4v) is 4.98. The summed E-state index contributed by atoms with van der Waals surface area (Å²) >= 11 is 0. The molecule has 0 bridgehead atoms. The molecule has 3 rings (SSSR count). The van der Waals surface area contributed by atoms with E-state index >= 15 is 0 Å². The molecule has 1 aromatic rings. The lowest BCUT2D eigenvalue weighted by Crippen LogP contribution is -2.47. The number of aliphatic carboxylic acids is 2. The van der Waals surface area contributed by atoms with E-state index in [1.54, 1.807) is 0 Å². The van der Waals surface area contributed by atoms with Crippen LogP contribution in [0.15, 0.2) is 30.3 Å². The van der Waals surface area contributed by atoms with Gasteiger partial charge in [-0.2, -0.15) is 0 Å². The molecule has 0 aliphatic heterocycles. The first-order valence-corrected chi connectivity index (χ1v) is 11.2. The van der Waals surface area contributed by atoms with Crippen LogP contribution in [0.5, 0.6) is 0 Å². The lowest BCUT2D eigenvalue weighted by Gasteiger charge is -2.34. The molecule has 1 amide bonds. The molecular formula is C25H31NO5. The minimum atomic E-state index is -0.926. The van der Waals surface area contributed by atoms with Gasteiger partial charge >= 0.3 is 11.9 Å². The zero-order chi connectivity index (χ0) is 22.3. The maximum absolute atomic E-state index is 13.3. The Kier molecular flexibility index (Phi) is 7.73. The van der Waals surface area contributed by atoms with E-state index in [1.807, 2.05) is 30.3 Å². The number of rotatable bonds is 7. The summed E-state index contributed by atoms with van der Waals surface area (Å²) in [6.07, 6.45) is 6.26. The van der Waals surface area contributed by atoms with Crippen LogP contribution in [-0.4, -0.2) is 34.1 Å². The standard InChI is InChI=1S/C25H31NO5/c27-22(28)19-11-7-13-21(16-19)26-24(31)25(14-4-5-15-25)17-20(23(29)30)12-6-10-18-8-2-1-3-9-18/h1-3,8-9,19-21H,4-5,7,11-17H2,(H,26,31)(H,27,28)(H,29,30). The summed E-state index contributed by atoms with van der Waals surface area (Å²) in [4.78, 5) is 36.6. The highest BCUT2D eigenvalue weighted by Gasteiger charge is 2.44. The van der Waals surface area contributed by atoms with E-state index < -0.39 is 29.2 Å². The Labute approximate surface area is 183 Å². The number of carbonyl (C=O) groups is 3. The van der Waals surface area contributed by atoms with E-state index in [-0.39, 0.29) is 24.8 Å². The van der Waals surface area contributed by atoms with Crippen LogP contribution >= 0.6 is 0 Å². The molecule has 3 N–H and O–H groups in total. The molecule has 1 aromatic carbocycles. The molecule has 0 saturated heterocycles. The van der Waals surface area contributed by atoms with Gasteiger partial charge < -0.3 is 15.5 Å². The van der Waals surface area contributed by atoms with Crippen molar-refractivity contribution in [3.63, 3.8) is 0 Å². The zero-order valence-electron chi connectivity index (χ0n) is 17.8. The fourth-order valence-electron chi connectivity index (χ4n) is 4.98. The predicted octanol–water partition coefficient (Wildman–Crippen LogP) is 3.84. The molecule has 3 atom stereocenters. The van der Waals surface area contributed by atoms with Gasteiger partial charge in [-0.15, -0.1) is 0 Å². The van der Waals surface area contributed by atoms with Gasteiger partial charge in [0.25, 0.3) is 0 Å². The third kappa shape index (κ3) is 6.10. The summed E-state index contributed by atoms with van der Waals surface area (Å²) < 4.78 is 0. The van der Waals surface area contributed by atoms with Gasteiger partial charge in [-0.05, 0) is 50.7 Å². The van der Waals surface area contributed by atoms with Crippen LogP contribution < -0.4 is 5.32 Å². The Bertz CT molecular complexity index is 848. The number of nitrogens with one attached hydrogen (secondary N) is 1. The Hall–Kier alpha value is -2.81. The maximum atomic E-state index is 13.3. The number of carboxylic acids is 2. The molecule has 2 saturated carbocycles. The number of hydrogen-bond acceptors (Lipinski definition) is 3. The SMILES string of the molecule is O=C(O)C1CCCC(NC(=O)C2(CC(CC#Cc3ccccc3)C(=O)O)CCCC2)C1. The summed E-state index contributed by atoms with van der Waals surface area (Å²) in [5, 5.41) is 22.2. The highest BCUT2D eigenvalue weighted by atomic mass is 16.4. The van der Waals surface area contributed by atoms with Crippen molar-refractivity contribution in [1.82, 2.24) is 5.32 Å². The molecule has 31 heavy (non-hydrogen) atoms. The van der Waals surface area contributed by atoms with Crippen LogP contribution in [0.2, 0.25) is 0 Å². The van der Waals surface area contributed by atoms with Crippen LogP contribution in [0.1, 0.15) is 69.8 Å². The first-order chi connectivity index (χ1) is 14.9. The minimum absolute atomic E-state index is 0.108. The van der Waals surface area contributed by atoms with Crippen molar-refractivity contribution in [2.45, 2.75) is 70.3 Å². The van der Waals surface area contributed by atoms with Crippen molar-refractivity contribution in [2.24, 2.45) is 17.3 Å². The summed E-state index contributed by atoms with van der Waals surface area (Å²) in [6, 6.07) is 9.28. The molecule has 0 radical (unpaired) electrons. The molecule has 6 nitrogen and oxygen atoms in total. The van der Waals surface area contributed by atoms with Gasteiger partial charge in [0.2, 0.25) is 5.91 Å². The average molecular weight is 426 g/mol. The van der Waals surface area contributed by atoms with E-state index in [9.17, 15) is 24.6 Å². The Morgan fingerprint density at radius 2 is 1.77 bits per heavy atom. The van der Waals surface area contributed by atoms with Gasteiger partial charge in [-0.3, -0.25) is 14.4 Å². The van der Waals surface area contributed by atoms with Gasteiger partial charge in [0, 0.05) is 18.0 Å². The topological polar surface area (TPSA) is 104 Å². The quantitative estimate of drug-likeness (QED) is 0.576. The molecular weight excluding hydrogens is 394 g/mol. The fraction of sp³-hybridized carbons (Fsp3) is 0.560. The second-order valence-corrected chi connectivity index (χ2v) is 8.97. The van der Waals surface area contributed by atoms with Crippen LogP contribution in [0.3, 0.4) is 0 Å². The van der Waals surface area contributed by atoms with Gasteiger partial charge in [0.05, 0.1) is 17.3 Å². The molecule has 166 valence electrons. The van der Waals surface area contributed by atoms with Crippen LogP contribution in [0, 0.1) is 29.1 Å². The van der Waals surface area contributed by atoms with Crippen molar-refractivity contribution in [3.05, 3.63) is 35.9 Å². The van der Waals surface area contributed by atoms with E-state index in [2.05, 4.69) is 17.2 Å². The van der Waals surface area contributed by atoms with Crippen molar-refractivity contribution in [2.75, 3.05) is 0 Å². The van der Waals surface area contributed by atoms with Gasteiger partial charge in [-0.1, -0.05) is 49.3 Å². The smallest absolute Gasteiger partial charge is 0.307 e. The summed E-state index contributed by atoms with van der Waals surface area (Å²) in [7, 11) is 0. The first kappa shape index (κ1) is 22.9. The van der Waals surface area contributed by atoms with Crippen LogP contribution in [0.25, 0.3) is 0 Å². The van der Waals surface area contributed by atoms with Crippen LogP contribution in [0.4, 0.5) is 0 Å². The van der Waals surface area contributed by atoms with Gasteiger partial charge in [0.1, 0.15) is 0 Å². The Balaban J connectivity index is 1.67. The third-order valence-corrected chi connectivity index (χ3v) is 6.74. The van der Waals surface area contributed by atoms with E-state index in [1.165, 1.54) is 0 Å². The van der Waals surface area contributed by atoms with Crippen LogP contribution in [-0.2, 0) is 14.4 Å². The normalized spacial score (nSPS) is 23.2. The largest absolute Gasteiger partial charge is 0.481 e. The highest BCUT2D eigenvalue weighted by molar-refractivity contribution is 5.84. The lowest BCUT2D eigenvalue weighted by molar-refractivity contribution is -0.146. The molecule has 3 unspecified atom stereocenters. The molecule has 0 heterocycles. The highest BCUT2D eigenvalue weighted by Crippen LogP contribution is 2.44. The minimum Gasteiger partial charge on any atom is -0.481 e. The first-order valence-electron chi connectivity index (χ1n) is 11.2. The maximum Gasteiger partial charge on any atom is 0.307 e. The van der Waals surface area contributed by atoms with Crippen molar-refractivity contribution in [3.8, 4) is 11.8 Å². The monoisotopic (exact) mass is 425 g/mol. The Morgan fingerprint density at radius 1 is 1.06 bits per heavy atom. The lowest BCUT2D eigenvalue weighted by atomic mass is 9.75. The molecule has 0 spiro atoms. The predicted molar refractivity (Wildman–Crippen MR) is 116 cm³/mol. The number of carboxylic acid groups (broad SMARTS) is 2. The van der Waals surface area contributed by atoms with Gasteiger partial charge in [-0.25, -0.2) is 0 Å². The number of benzene rings is 1. The second kappa shape index (κ2) is 10.5. The average Bonchev–Trinajstić information content (AvgIpc) is 3.24. The third-order valence-electron chi connectivity index (χ3n) is 6.74. The molecule has 0 aromatic heterocycles. The summed E-state index contributed by atoms with van der Waals surface area (Å²) in [5.74, 6) is 3.02. The van der Waals surface area contributed by atoms with Gasteiger partial charge in [0.15, 0.2) is 0 Å².